The molecule has 3 rings (SSSR count). The Morgan fingerprint density at radius 3 is 3.00 bits per heavy atom. The smallest absolute Gasteiger partial charge is 0.276 e. The van der Waals surface area contributed by atoms with E-state index in [1.54, 1.807) is 33.7 Å². The van der Waals surface area contributed by atoms with Crippen LogP contribution < -0.4 is 11.3 Å². The van der Waals surface area contributed by atoms with E-state index in [-0.39, 0.29) is 5.56 Å². The zero-order valence-electron chi connectivity index (χ0n) is 11.4. The Labute approximate surface area is 121 Å². The van der Waals surface area contributed by atoms with Gasteiger partial charge in [0.2, 0.25) is 0 Å². The van der Waals surface area contributed by atoms with E-state index in [0.717, 1.165) is 11.1 Å². The van der Waals surface area contributed by atoms with Crippen LogP contribution in [0.2, 0.25) is 0 Å². The zero-order chi connectivity index (χ0) is 14.7. The lowest BCUT2D eigenvalue weighted by atomic mass is 10.1. The molecular weight excluding hydrogens is 264 g/mol. The van der Waals surface area contributed by atoms with Crippen LogP contribution in [0.3, 0.4) is 0 Å². The number of benzene rings is 1. The van der Waals surface area contributed by atoms with E-state index in [2.05, 4.69) is 16.9 Å². The van der Waals surface area contributed by atoms with Crippen LogP contribution in [0.25, 0.3) is 5.52 Å². The van der Waals surface area contributed by atoms with Crippen molar-refractivity contribution in [1.29, 1.82) is 0 Å². The van der Waals surface area contributed by atoms with Gasteiger partial charge in [0.1, 0.15) is 5.52 Å². The lowest BCUT2D eigenvalue weighted by Crippen LogP contribution is -2.21. The van der Waals surface area contributed by atoms with Crippen LogP contribution in [0, 0.1) is 11.8 Å². The lowest BCUT2D eigenvalue weighted by molar-refractivity contribution is 0.743. The van der Waals surface area contributed by atoms with Gasteiger partial charge in [-0.1, -0.05) is 24.0 Å². The molecule has 5 nitrogen and oxygen atoms in total. The summed E-state index contributed by atoms with van der Waals surface area (Å²) >= 11 is 0. The van der Waals surface area contributed by atoms with E-state index < -0.39 is 0 Å². The first-order valence-electron chi connectivity index (χ1n) is 6.58. The number of hydrogen-bond acceptors (Lipinski definition) is 3. The topological polar surface area (TPSA) is 65.3 Å². The molecular formula is C16H14N4O. The maximum atomic E-state index is 12.3. The summed E-state index contributed by atoms with van der Waals surface area (Å²) in [5.41, 5.74) is 7.80. The summed E-state index contributed by atoms with van der Waals surface area (Å²) < 4.78 is 3.23. The standard InChI is InChI=1S/C16H14N4O/c17-7-2-5-13-3-1-4-14(11-13)12-19-9-10-20-15(16(19)21)6-8-18-20/h1,3-4,6,8-11H,7,12,17H2. The Kier molecular flexibility index (Phi) is 3.54. The van der Waals surface area contributed by atoms with Gasteiger partial charge in [0.15, 0.2) is 0 Å². The highest BCUT2D eigenvalue weighted by Crippen LogP contribution is 2.06. The fraction of sp³-hybridized carbons (Fsp3) is 0.125. The Morgan fingerprint density at radius 2 is 2.14 bits per heavy atom. The molecule has 0 atom stereocenters. The monoisotopic (exact) mass is 278 g/mol. The zero-order valence-corrected chi connectivity index (χ0v) is 11.4. The van der Waals surface area contributed by atoms with Crippen molar-refractivity contribution < 1.29 is 0 Å². The number of nitrogens with two attached hydrogens (primary N) is 1. The van der Waals surface area contributed by atoms with Crippen LogP contribution in [0.15, 0.2) is 53.7 Å². The van der Waals surface area contributed by atoms with Crippen LogP contribution in [0.5, 0.6) is 0 Å². The molecule has 0 fully saturated rings. The van der Waals surface area contributed by atoms with E-state index in [4.69, 9.17) is 5.73 Å². The van der Waals surface area contributed by atoms with Gasteiger partial charge in [-0.05, 0) is 23.8 Å². The Hall–Kier alpha value is -2.84. The molecule has 0 aliphatic rings. The van der Waals surface area contributed by atoms with Crippen molar-refractivity contribution in [2.75, 3.05) is 6.54 Å². The van der Waals surface area contributed by atoms with Crippen molar-refractivity contribution >= 4 is 5.52 Å². The van der Waals surface area contributed by atoms with Gasteiger partial charge in [0, 0.05) is 18.0 Å². The summed E-state index contributed by atoms with van der Waals surface area (Å²) in [6.07, 6.45) is 5.12. The second kappa shape index (κ2) is 5.65. The Bertz CT molecular complexity index is 896. The minimum Gasteiger partial charge on any atom is -0.320 e. The molecule has 0 aliphatic carbocycles. The van der Waals surface area contributed by atoms with E-state index >= 15 is 0 Å². The highest BCUT2D eigenvalue weighted by atomic mass is 16.1. The van der Waals surface area contributed by atoms with Crippen molar-refractivity contribution in [1.82, 2.24) is 14.2 Å². The highest BCUT2D eigenvalue weighted by Gasteiger charge is 2.04. The van der Waals surface area contributed by atoms with Gasteiger partial charge in [0.05, 0.1) is 19.3 Å². The van der Waals surface area contributed by atoms with Gasteiger partial charge in [-0.3, -0.25) is 4.79 Å². The molecule has 0 bridgehead atoms. The summed E-state index contributed by atoms with van der Waals surface area (Å²) in [4.78, 5) is 12.3. The van der Waals surface area contributed by atoms with Crippen LogP contribution in [-0.2, 0) is 6.54 Å². The van der Waals surface area contributed by atoms with E-state index in [0.29, 0.717) is 18.6 Å². The molecule has 0 aliphatic heterocycles. The molecule has 0 spiro atoms. The number of fused-ring (bicyclic) bond motifs is 1. The fourth-order valence-corrected chi connectivity index (χ4v) is 2.18. The second-order valence-electron chi connectivity index (χ2n) is 4.60. The quantitative estimate of drug-likeness (QED) is 0.707. The molecule has 0 saturated carbocycles. The molecule has 2 N–H and O–H groups in total. The molecule has 5 heteroatoms. The third kappa shape index (κ3) is 2.71. The van der Waals surface area contributed by atoms with Crippen molar-refractivity contribution in [2.24, 2.45) is 5.73 Å². The number of nitrogens with zero attached hydrogens (tertiary/aromatic N) is 3. The first-order chi connectivity index (χ1) is 10.3. The highest BCUT2D eigenvalue weighted by molar-refractivity contribution is 5.43. The first-order valence-corrected chi connectivity index (χ1v) is 6.58. The normalized spacial score (nSPS) is 10.3. The molecule has 0 unspecified atom stereocenters. The molecule has 1 aromatic carbocycles. The SMILES string of the molecule is NCC#Cc1cccc(Cn2ccn3nccc3c2=O)c1. The van der Waals surface area contributed by atoms with Crippen molar-refractivity contribution in [3.8, 4) is 11.8 Å². The predicted octanol–water partition coefficient (Wildman–Crippen LogP) is 0.854. The molecule has 0 radical (unpaired) electrons. The van der Waals surface area contributed by atoms with E-state index in [1.807, 2.05) is 24.3 Å². The summed E-state index contributed by atoms with van der Waals surface area (Å²) in [5, 5.41) is 4.05. The second-order valence-corrected chi connectivity index (χ2v) is 4.60. The minimum atomic E-state index is -0.0616. The number of rotatable bonds is 2. The number of aromatic nitrogens is 3. The molecule has 3 aromatic rings. The fourth-order valence-electron chi connectivity index (χ4n) is 2.18. The summed E-state index contributed by atoms with van der Waals surface area (Å²) in [6.45, 7) is 0.834. The minimum absolute atomic E-state index is 0.0616. The predicted molar refractivity (Wildman–Crippen MR) is 80.9 cm³/mol. The molecule has 21 heavy (non-hydrogen) atoms. The van der Waals surface area contributed by atoms with Gasteiger partial charge in [-0.15, -0.1) is 0 Å². The maximum absolute atomic E-state index is 12.3. The van der Waals surface area contributed by atoms with Crippen molar-refractivity contribution in [3.63, 3.8) is 0 Å². The number of hydrogen-bond donors (Lipinski definition) is 1. The summed E-state index contributed by atoms with van der Waals surface area (Å²) in [7, 11) is 0. The van der Waals surface area contributed by atoms with Gasteiger partial charge in [-0.25, -0.2) is 4.52 Å². The molecule has 104 valence electrons. The third-order valence-electron chi connectivity index (χ3n) is 3.15. The van der Waals surface area contributed by atoms with Crippen LogP contribution in [0.4, 0.5) is 0 Å². The average molecular weight is 278 g/mol. The van der Waals surface area contributed by atoms with Gasteiger partial charge in [0.25, 0.3) is 5.56 Å². The van der Waals surface area contributed by atoms with Crippen LogP contribution in [0.1, 0.15) is 11.1 Å². The van der Waals surface area contributed by atoms with Gasteiger partial charge >= 0.3 is 0 Å². The molecule has 2 heterocycles. The largest absolute Gasteiger partial charge is 0.320 e. The third-order valence-corrected chi connectivity index (χ3v) is 3.15. The van der Waals surface area contributed by atoms with Crippen LogP contribution >= 0.6 is 0 Å². The molecule has 2 aromatic heterocycles. The lowest BCUT2D eigenvalue weighted by Gasteiger charge is -2.06. The Balaban J connectivity index is 1.95. The summed E-state index contributed by atoms with van der Waals surface area (Å²) in [5.74, 6) is 5.82. The average Bonchev–Trinajstić information content (AvgIpc) is 2.98. The summed E-state index contributed by atoms with van der Waals surface area (Å²) in [6, 6.07) is 9.51. The van der Waals surface area contributed by atoms with Gasteiger partial charge < -0.3 is 10.3 Å². The molecule has 0 amide bonds. The van der Waals surface area contributed by atoms with Crippen molar-refractivity contribution in [2.45, 2.75) is 6.54 Å². The maximum Gasteiger partial charge on any atom is 0.276 e. The van der Waals surface area contributed by atoms with Crippen LogP contribution in [-0.4, -0.2) is 20.7 Å². The van der Waals surface area contributed by atoms with E-state index in [1.165, 1.54) is 0 Å². The first kappa shape index (κ1) is 13.2. The van der Waals surface area contributed by atoms with Crippen molar-refractivity contribution in [3.05, 3.63) is 70.4 Å². The van der Waals surface area contributed by atoms with Gasteiger partial charge in [-0.2, -0.15) is 5.10 Å². The van der Waals surface area contributed by atoms with E-state index in [9.17, 15) is 4.79 Å². The Morgan fingerprint density at radius 1 is 1.24 bits per heavy atom. The molecule has 0 saturated heterocycles.